The molecular formula is C8H8BrF2NO2. The molecule has 0 spiro atoms. The number of alkyl halides is 2. The first-order valence-corrected chi connectivity index (χ1v) is 4.51. The van der Waals surface area contributed by atoms with Gasteiger partial charge in [-0.25, -0.2) is 8.78 Å². The van der Waals surface area contributed by atoms with Crippen molar-refractivity contribution in [3.63, 3.8) is 0 Å². The van der Waals surface area contributed by atoms with Crippen LogP contribution in [0, 0.1) is 0 Å². The second-order valence-electron chi connectivity index (χ2n) is 2.46. The molecule has 6 heteroatoms. The zero-order valence-electron chi connectivity index (χ0n) is 7.30. The zero-order chi connectivity index (χ0) is 10.7. The molecule has 0 radical (unpaired) electrons. The highest BCUT2D eigenvalue weighted by Gasteiger charge is 2.20. The summed E-state index contributed by atoms with van der Waals surface area (Å²) in [4.78, 5) is 3.52. The normalized spacial score (nSPS) is 10.7. The predicted molar refractivity (Wildman–Crippen MR) is 49.4 cm³/mol. The first kappa shape index (κ1) is 11.3. The van der Waals surface area contributed by atoms with Crippen molar-refractivity contribution >= 4 is 15.9 Å². The van der Waals surface area contributed by atoms with Gasteiger partial charge in [0.2, 0.25) is 0 Å². The van der Waals surface area contributed by atoms with Gasteiger partial charge in [-0.05, 0) is 15.9 Å². The van der Waals surface area contributed by atoms with Crippen LogP contribution < -0.4 is 4.74 Å². The molecule has 1 aromatic rings. The number of aliphatic hydroxyl groups excluding tert-OH is 1. The summed E-state index contributed by atoms with van der Waals surface area (Å²) in [7, 11) is 1.26. The zero-order valence-corrected chi connectivity index (χ0v) is 8.88. The van der Waals surface area contributed by atoms with Gasteiger partial charge in [0.15, 0.2) is 5.75 Å². The minimum absolute atomic E-state index is 0.0723. The van der Waals surface area contributed by atoms with Crippen LogP contribution >= 0.6 is 15.9 Å². The quantitative estimate of drug-likeness (QED) is 0.914. The van der Waals surface area contributed by atoms with Crippen molar-refractivity contribution in [3.8, 4) is 5.75 Å². The Labute approximate surface area is 87.9 Å². The van der Waals surface area contributed by atoms with Crippen LogP contribution in [0.5, 0.6) is 5.75 Å². The van der Waals surface area contributed by atoms with Crippen molar-refractivity contribution in [2.24, 2.45) is 0 Å². The van der Waals surface area contributed by atoms with Crippen LogP contribution in [-0.2, 0) is 6.61 Å². The van der Waals surface area contributed by atoms with Gasteiger partial charge in [0.05, 0.1) is 13.7 Å². The SMILES string of the molecule is COc1c(C(F)F)ncc(Br)c1CO. The van der Waals surface area contributed by atoms with Gasteiger partial charge in [-0.15, -0.1) is 0 Å². The van der Waals surface area contributed by atoms with Crippen molar-refractivity contribution in [2.45, 2.75) is 13.0 Å². The van der Waals surface area contributed by atoms with E-state index in [1.165, 1.54) is 13.3 Å². The number of pyridine rings is 1. The average molecular weight is 268 g/mol. The highest BCUT2D eigenvalue weighted by atomic mass is 79.9. The van der Waals surface area contributed by atoms with Crippen LogP contribution in [0.4, 0.5) is 8.78 Å². The maximum atomic E-state index is 12.4. The Kier molecular flexibility index (Phi) is 3.77. The van der Waals surface area contributed by atoms with Crippen LogP contribution in [-0.4, -0.2) is 17.2 Å². The molecule has 1 aromatic heterocycles. The summed E-state index contributed by atoms with van der Waals surface area (Å²) in [5, 5.41) is 8.95. The number of methoxy groups -OCH3 is 1. The monoisotopic (exact) mass is 267 g/mol. The summed E-state index contributed by atoms with van der Waals surface area (Å²) in [6.45, 7) is -0.383. The summed E-state index contributed by atoms with van der Waals surface area (Å²) in [5.74, 6) is -0.0723. The molecule has 1 heterocycles. The Morgan fingerprint density at radius 1 is 1.64 bits per heavy atom. The Hall–Kier alpha value is -0.750. The molecular weight excluding hydrogens is 260 g/mol. The second-order valence-corrected chi connectivity index (χ2v) is 3.32. The van der Waals surface area contributed by atoms with Crippen molar-refractivity contribution < 1.29 is 18.6 Å². The Morgan fingerprint density at radius 3 is 2.71 bits per heavy atom. The molecule has 0 aliphatic carbocycles. The third kappa shape index (κ3) is 2.01. The molecule has 0 bridgehead atoms. The number of ether oxygens (including phenoxy) is 1. The van der Waals surface area contributed by atoms with Gasteiger partial charge < -0.3 is 9.84 Å². The van der Waals surface area contributed by atoms with Crippen LogP contribution in [0.15, 0.2) is 10.7 Å². The van der Waals surface area contributed by atoms with E-state index in [0.717, 1.165) is 0 Å². The maximum Gasteiger partial charge on any atom is 0.284 e. The predicted octanol–water partition coefficient (Wildman–Crippen LogP) is 2.28. The van der Waals surface area contributed by atoms with Crippen LogP contribution in [0.2, 0.25) is 0 Å². The maximum absolute atomic E-state index is 12.4. The molecule has 1 N–H and O–H groups in total. The Bertz CT molecular complexity index is 333. The molecule has 0 aliphatic rings. The summed E-state index contributed by atoms with van der Waals surface area (Å²) in [6.07, 6.45) is -1.50. The standard InChI is InChI=1S/C8H8BrF2NO2/c1-14-7-4(3-13)5(9)2-12-6(7)8(10)11/h2,8,13H,3H2,1H3. The molecule has 0 aliphatic heterocycles. The minimum Gasteiger partial charge on any atom is -0.494 e. The van der Waals surface area contributed by atoms with Crippen molar-refractivity contribution in [2.75, 3.05) is 7.11 Å². The fourth-order valence-electron chi connectivity index (χ4n) is 1.06. The molecule has 78 valence electrons. The van der Waals surface area contributed by atoms with Crippen LogP contribution in [0.1, 0.15) is 17.7 Å². The number of aromatic nitrogens is 1. The van der Waals surface area contributed by atoms with Gasteiger partial charge in [-0.3, -0.25) is 4.98 Å². The first-order chi connectivity index (χ1) is 6.61. The van der Waals surface area contributed by atoms with E-state index in [4.69, 9.17) is 9.84 Å². The number of halogens is 3. The fourth-order valence-corrected chi connectivity index (χ4v) is 1.46. The molecule has 0 atom stereocenters. The van der Waals surface area contributed by atoms with E-state index in [1.54, 1.807) is 0 Å². The van der Waals surface area contributed by atoms with Gasteiger partial charge in [0.25, 0.3) is 6.43 Å². The summed E-state index contributed by atoms with van der Waals surface area (Å²) < 4.78 is 30.1. The lowest BCUT2D eigenvalue weighted by Crippen LogP contribution is -2.01. The molecule has 0 saturated heterocycles. The molecule has 0 amide bonds. The number of nitrogens with zero attached hydrogens (tertiary/aromatic N) is 1. The van der Waals surface area contributed by atoms with E-state index >= 15 is 0 Å². The largest absolute Gasteiger partial charge is 0.494 e. The van der Waals surface area contributed by atoms with Gasteiger partial charge >= 0.3 is 0 Å². The second kappa shape index (κ2) is 4.65. The number of aliphatic hydroxyl groups is 1. The number of hydrogen-bond donors (Lipinski definition) is 1. The van der Waals surface area contributed by atoms with E-state index in [-0.39, 0.29) is 17.9 Å². The lowest BCUT2D eigenvalue weighted by atomic mass is 10.2. The lowest BCUT2D eigenvalue weighted by Gasteiger charge is -2.11. The average Bonchev–Trinajstić information content (AvgIpc) is 2.16. The smallest absolute Gasteiger partial charge is 0.284 e. The van der Waals surface area contributed by atoms with Crippen molar-refractivity contribution in [3.05, 3.63) is 21.9 Å². The first-order valence-electron chi connectivity index (χ1n) is 3.72. The molecule has 3 nitrogen and oxygen atoms in total. The van der Waals surface area contributed by atoms with E-state index in [0.29, 0.717) is 4.47 Å². The highest BCUT2D eigenvalue weighted by Crippen LogP contribution is 2.34. The molecule has 0 unspecified atom stereocenters. The lowest BCUT2D eigenvalue weighted by molar-refractivity contribution is 0.140. The van der Waals surface area contributed by atoms with Gasteiger partial charge in [0.1, 0.15) is 5.69 Å². The molecule has 0 fully saturated rings. The molecule has 0 saturated carbocycles. The fraction of sp³-hybridized carbons (Fsp3) is 0.375. The van der Waals surface area contributed by atoms with Gasteiger partial charge in [-0.1, -0.05) is 0 Å². The molecule has 1 rings (SSSR count). The van der Waals surface area contributed by atoms with E-state index in [9.17, 15) is 8.78 Å². The number of rotatable bonds is 3. The number of hydrogen-bond acceptors (Lipinski definition) is 3. The Balaban J connectivity index is 3.33. The van der Waals surface area contributed by atoms with Crippen LogP contribution in [0.3, 0.4) is 0 Å². The van der Waals surface area contributed by atoms with Gasteiger partial charge in [-0.2, -0.15) is 0 Å². The summed E-state index contributed by atoms with van der Waals surface area (Å²) in [6, 6.07) is 0. The molecule has 14 heavy (non-hydrogen) atoms. The van der Waals surface area contributed by atoms with Crippen molar-refractivity contribution in [1.82, 2.24) is 4.98 Å². The minimum atomic E-state index is -2.72. The molecule has 0 aromatic carbocycles. The topological polar surface area (TPSA) is 42.4 Å². The summed E-state index contributed by atoms with van der Waals surface area (Å²) >= 11 is 3.08. The third-order valence-corrected chi connectivity index (χ3v) is 2.36. The van der Waals surface area contributed by atoms with Gasteiger partial charge in [0, 0.05) is 16.2 Å². The Morgan fingerprint density at radius 2 is 2.29 bits per heavy atom. The van der Waals surface area contributed by atoms with E-state index in [2.05, 4.69) is 20.9 Å². The van der Waals surface area contributed by atoms with Crippen LogP contribution in [0.25, 0.3) is 0 Å². The van der Waals surface area contributed by atoms with E-state index < -0.39 is 12.1 Å². The van der Waals surface area contributed by atoms with E-state index in [1.807, 2.05) is 0 Å². The summed E-state index contributed by atoms with van der Waals surface area (Å²) in [5.41, 5.74) is -0.183. The highest BCUT2D eigenvalue weighted by molar-refractivity contribution is 9.10. The third-order valence-electron chi connectivity index (χ3n) is 1.68. The van der Waals surface area contributed by atoms with Crippen molar-refractivity contribution in [1.29, 1.82) is 0 Å².